The summed E-state index contributed by atoms with van der Waals surface area (Å²) in [6.45, 7) is 0. The number of aromatic nitrogens is 1. The van der Waals surface area contributed by atoms with Crippen molar-refractivity contribution in [3.63, 3.8) is 0 Å². The quantitative estimate of drug-likeness (QED) is 0.707. The van der Waals surface area contributed by atoms with Crippen molar-refractivity contribution in [1.29, 1.82) is 5.26 Å². The Morgan fingerprint density at radius 1 is 1.61 bits per heavy atom. The Bertz CT molecular complexity index is 521. The Labute approximate surface area is 112 Å². The summed E-state index contributed by atoms with van der Waals surface area (Å²) >= 11 is 3.06. The van der Waals surface area contributed by atoms with Crippen molar-refractivity contribution >= 4 is 27.5 Å². The van der Waals surface area contributed by atoms with Crippen LogP contribution in [-0.4, -0.2) is 16.9 Å². The van der Waals surface area contributed by atoms with Crippen molar-refractivity contribution in [2.75, 3.05) is 5.32 Å². The van der Waals surface area contributed by atoms with Crippen LogP contribution >= 0.6 is 15.9 Å². The van der Waals surface area contributed by atoms with Gasteiger partial charge < -0.3 is 16.0 Å². The minimum Gasteiger partial charge on any atom is -0.365 e. The molecule has 0 aliphatic heterocycles. The van der Waals surface area contributed by atoms with E-state index >= 15 is 0 Å². The van der Waals surface area contributed by atoms with Gasteiger partial charge in [0, 0.05) is 18.8 Å². The number of amides is 1. The molecule has 4 N–H and O–H groups in total. The lowest BCUT2D eigenvalue weighted by atomic mass is 10.1. The molecule has 0 bridgehead atoms. The highest BCUT2D eigenvalue weighted by atomic mass is 79.9. The second-order valence-corrected chi connectivity index (χ2v) is 4.55. The molecule has 0 fully saturated rings. The molecule has 1 aromatic rings. The molecule has 18 heavy (non-hydrogen) atoms. The van der Waals surface area contributed by atoms with E-state index in [0.29, 0.717) is 23.7 Å². The Hall–Kier alpha value is -1.65. The zero-order valence-electron chi connectivity index (χ0n) is 9.57. The largest absolute Gasteiger partial charge is 0.365 e. The summed E-state index contributed by atoms with van der Waals surface area (Å²) in [5, 5.41) is 10.8. The number of hydrogen-bond donors (Lipinski definition) is 3. The van der Waals surface area contributed by atoms with E-state index in [4.69, 9.17) is 11.0 Å². The molecule has 6 nitrogen and oxygen atoms in total. The van der Waals surface area contributed by atoms with Crippen molar-refractivity contribution in [2.45, 2.75) is 25.3 Å². The van der Waals surface area contributed by atoms with Gasteiger partial charge in [0.1, 0.15) is 5.69 Å². The van der Waals surface area contributed by atoms with Crippen LogP contribution in [0.25, 0.3) is 0 Å². The second-order valence-electron chi connectivity index (χ2n) is 3.69. The molecular formula is C11H13BrN4O2. The normalized spacial score (nSPS) is 11.6. The summed E-state index contributed by atoms with van der Waals surface area (Å²) in [5.41, 5.74) is 5.48. The number of anilines is 1. The summed E-state index contributed by atoms with van der Waals surface area (Å²) < 4.78 is 0.332. The molecule has 0 spiro atoms. The SMILES string of the molecule is N#CCCCC(N)C(=O)Nc1c[nH]cc(Br)c1=O. The lowest BCUT2D eigenvalue weighted by Gasteiger charge is -2.10. The predicted octanol–water partition coefficient (Wildman–Crippen LogP) is 1.10. The van der Waals surface area contributed by atoms with Crippen molar-refractivity contribution in [1.82, 2.24) is 4.98 Å². The van der Waals surface area contributed by atoms with Crippen LogP contribution in [0.3, 0.4) is 0 Å². The molecule has 0 radical (unpaired) electrons. The fourth-order valence-corrected chi connectivity index (χ4v) is 1.65. The zero-order chi connectivity index (χ0) is 13.5. The second kappa shape index (κ2) is 6.93. The summed E-state index contributed by atoms with van der Waals surface area (Å²) in [6, 6.07) is 1.25. The molecule has 0 aliphatic carbocycles. The zero-order valence-corrected chi connectivity index (χ0v) is 11.2. The van der Waals surface area contributed by atoms with Crippen molar-refractivity contribution < 1.29 is 4.79 Å². The van der Waals surface area contributed by atoms with Crippen LogP contribution < -0.4 is 16.5 Å². The van der Waals surface area contributed by atoms with Crippen LogP contribution in [0.15, 0.2) is 21.7 Å². The van der Waals surface area contributed by atoms with Crippen LogP contribution in [0.1, 0.15) is 19.3 Å². The molecule has 1 heterocycles. The van der Waals surface area contributed by atoms with Gasteiger partial charge in [-0.05, 0) is 28.8 Å². The Morgan fingerprint density at radius 3 is 3.00 bits per heavy atom. The number of nitrogens with one attached hydrogen (secondary N) is 2. The van der Waals surface area contributed by atoms with Crippen molar-refractivity contribution in [2.24, 2.45) is 5.73 Å². The summed E-state index contributed by atoms with van der Waals surface area (Å²) in [5.74, 6) is -0.434. The molecular weight excluding hydrogens is 300 g/mol. The number of halogens is 1. The van der Waals surface area contributed by atoms with Crippen molar-refractivity contribution in [3.05, 3.63) is 27.1 Å². The van der Waals surface area contributed by atoms with Crippen LogP contribution in [0.4, 0.5) is 5.69 Å². The third-order valence-corrected chi connectivity index (χ3v) is 2.89. The van der Waals surface area contributed by atoms with Gasteiger partial charge in [0.05, 0.1) is 16.6 Å². The van der Waals surface area contributed by atoms with Crippen LogP contribution in [0, 0.1) is 11.3 Å². The summed E-state index contributed by atoms with van der Waals surface area (Å²) in [4.78, 5) is 26.0. The van der Waals surface area contributed by atoms with Gasteiger partial charge in [-0.15, -0.1) is 0 Å². The van der Waals surface area contributed by atoms with E-state index in [9.17, 15) is 9.59 Å². The molecule has 96 valence electrons. The van der Waals surface area contributed by atoms with Crippen LogP contribution in [0.2, 0.25) is 0 Å². The molecule has 7 heteroatoms. The number of nitrogens with zero attached hydrogens (tertiary/aromatic N) is 1. The molecule has 1 unspecified atom stereocenters. The molecule has 0 saturated heterocycles. The average molecular weight is 313 g/mol. The first-order valence-electron chi connectivity index (χ1n) is 5.36. The lowest BCUT2D eigenvalue weighted by molar-refractivity contribution is -0.117. The summed E-state index contributed by atoms with van der Waals surface area (Å²) in [6.07, 6.45) is 4.20. The molecule has 1 atom stereocenters. The molecule has 1 rings (SSSR count). The average Bonchev–Trinajstić information content (AvgIpc) is 2.35. The summed E-state index contributed by atoms with van der Waals surface area (Å²) in [7, 11) is 0. The van der Waals surface area contributed by atoms with E-state index in [2.05, 4.69) is 26.2 Å². The first-order valence-corrected chi connectivity index (χ1v) is 6.15. The van der Waals surface area contributed by atoms with Gasteiger partial charge in [-0.3, -0.25) is 9.59 Å². The highest BCUT2D eigenvalue weighted by Crippen LogP contribution is 2.07. The van der Waals surface area contributed by atoms with E-state index in [1.165, 1.54) is 12.4 Å². The van der Waals surface area contributed by atoms with E-state index in [0.717, 1.165) is 0 Å². The predicted molar refractivity (Wildman–Crippen MR) is 70.8 cm³/mol. The minimum atomic E-state index is -0.725. The Kier molecular flexibility index (Phi) is 5.55. The number of carbonyl (C=O) groups is 1. The third-order valence-electron chi connectivity index (χ3n) is 2.30. The van der Waals surface area contributed by atoms with Gasteiger partial charge >= 0.3 is 0 Å². The van der Waals surface area contributed by atoms with Gasteiger partial charge in [0.25, 0.3) is 0 Å². The molecule has 1 aromatic heterocycles. The minimum absolute atomic E-state index is 0.144. The molecule has 1 amide bonds. The number of unbranched alkanes of at least 4 members (excludes halogenated alkanes) is 1. The van der Waals surface area contributed by atoms with Gasteiger partial charge in [-0.2, -0.15) is 5.26 Å². The fourth-order valence-electron chi connectivity index (χ4n) is 1.31. The maximum Gasteiger partial charge on any atom is 0.241 e. The topological polar surface area (TPSA) is 112 Å². The van der Waals surface area contributed by atoms with Gasteiger partial charge in [0.15, 0.2) is 0 Å². The van der Waals surface area contributed by atoms with E-state index in [1.807, 2.05) is 6.07 Å². The van der Waals surface area contributed by atoms with Gasteiger partial charge in [0.2, 0.25) is 11.3 Å². The number of rotatable bonds is 5. The van der Waals surface area contributed by atoms with Crippen LogP contribution in [0.5, 0.6) is 0 Å². The lowest BCUT2D eigenvalue weighted by Crippen LogP contribution is -2.36. The monoisotopic (exact) mass is 312 g/mol. The number of hydrogen-bond acceptors (Lipinski definition) is 4. The molecule has 0 aliphatic rings. The Morgan fingerprint density at radius 2 is 2.33 bits per heavy atom. The Balaban J connectivity index is 2.62. The number of pyridine rings is 1. The first-order chi connectivity index (χ1) is 8.56. The van der Waals surface area contributed by atoms with Crippen LogP contribution in [-0.2, 0) is 4.79 Å². The highest BCUT2D eigenvalue weighted by molar-refractivity contribution is 9.10. The number of nitrogens with two attached hydrogens (primary N) is 1. The van der Waals surface area contributed by atoms with E-state index < -0.39 is 11.9 Å². The standard InChI is InChI=1S/C11H13BrN4O2/c12-7-5-15-6-9(10(7)17)16-11(18)8(14)3-1-2-4-13/h5-6,8H,1-3,14H2,(H,15,17)(H,16,18). The van der Waals surface area contributed by atoms with Crippen molar-refractivity contribution in [3.8, 4) is 6.07 Å². The third kappa shape index (κ3) is 3.98. The maximum absolute atomic E-state index is 11.7. The number of carbonyl (C=O) groups excluding carboxylic acids is 1. The van der Waals surface area contributed by atoms with E-state index in [1.54, 1.807) is 0 Å². The number of aromatic amines is 1. The van der Waals surface area contributed by atoms with E-state index in [-0.39, 0.29) is 11.1 Å². The maximum atomic E-state index is 11.7. The highest BCUT2D eigenvalue weighted by Gasteiger charge is 2.14. The molecule has 0 aromatic carbocycles. The number of H-pyrrole nitrogens is 1. The van der Waals surface area contributed by atoms with Gasteiger partial charge in [-0.1, -0.05) is 0 Å². The first kappa shape index (κ1) is 14.4. The number of nitriles is 1. The van der Waals surface area contributed by atoms with Gasteiger partial charge in [-0.25, -0.2) is 0 Å². The smallest absolute Gasteiger partial charge is 0.241 e. The fraction of sp³-hybridized carbons (Fsp3) is 0.364. The molecule has 0 saturated carbocycles.